The Hall–Kier alpha value is -2.47. The Bertz CT molecular complexity index is 860. The number of nitrogen functional groups attached to an aromatic ring is 1. The molecule has 1 heterocycles. The molecule has 0 bridgehead atoms. The summed E-state index contributed by atoms with van der Waals surface area (Å²) < 4.78 is 32.9. The second-order valence-electron chi connectivity index (χ2n) is 4.75. The largest absolute Gasteiger partial charge is 0.489 e. The van der Waals surface area contributed by atoms with E-state index >= 15 is 0 Å². The van der Waals surface area contributed by atoms with Crippen LogP contribution in [0.1, 0.15) is 10.4 Å². The highest BCUT2D eigenvalue weighted by molar-refractivity contribution is 7.20. The first kappa shape index (κ1) is 14.5. The number of ether oxygens (including phenoxy) is 1. The van der Waals surface area contributed by atoms with Crippen LogP contribution in [0.25, 0.3) is 10.1 Å². The first-order valence-electron chi connectivity index (χ1n) is 6.47. The fourth-order valence-electron chi connectivity index (χ4n) is 2.03. The van der Waals surface area contributed by atoms with Crippen LogP contribution in [0, 0.1) is 17.0 Å². The molecule has 0 aliphatic rings. The normalized spacial score (nSPS) is 10.8. The van der Waals surface area contributed by atoms with E-state index in [1.54, 1.807) is 6.07 Å². The van der Waals surface area contributed by atoms with Crippen LogP contribution in [0.2, 0.25) is 0 Å². The average Bonchev–Trinajstić information content (AvgIpc) is 2.89. The maximum absolute atomic E-state index is 13.5. The number of thiophene rings is 1. The van der Waals surface area contributed by atoms with E-state index in [1.165, 1.54) is 23.5 Å². The Morgan fingerprint density at radius 3 is 2.68 bits per heavy atom. The number of benzene rings is 2. The van der Waals surface area contributed by atoms with Gasteiger partial charge in [-0.2, -0.15) is 0 Å². The van der Waals surface area contributed by atoms with Crippen LogP contribution in [0.4, 0.5) is 8.78 Å². The van der Waals surface area contributed by atoms with Gasteiger partial charge < -0.3 is 10.5 Å². The molecule has 0 saturated heterocycles. The van der Waals surface area contributed by atoms with Crippen molar-refractivity contribution in [2.45, 2.75) is 6.61 Å². The minimum Gasteiger partial charge on any atom is -0.489 e. The maximum atomic E-state index is 13.5. The van der Waals surface area contributed by atoms with Gasteiger partial charge in [-0.25, -0.2) is 8.78 Å². The number of rotatable bonds is 4. The number of nitrogens with two attached hydrogens (primary N) is 1. The summed E-state index contributed by atoms with van der Waals surface area (Å²) in [7, 11) is 0. The highest BCUT2D eigenvalue weighted by Crippen LogP contribution is 2.29. The van der Waals surface area contributed by atoms with Gasteiger partial charge in [0, 0.05) is 16.3 Å². The number of hydrogen-bond acceptors (Lipinski definition) is 3. The lowest BCUT2D eigenvalue weighted by molar-refractivity contribution is 0.300. The van der Waals surface area contributed by atoms with Gasteiger partial charge in [0.2, 0.25) is 0 Å². The van der Waals surface area contributed by atoms with E-state index < -0.39 is 11.6 Å². The predicted molar refractivity (Wildman–Crippen MR) is 83.5 cm³/mol. The molecule has 3 nitrogen and oxygen atoms in total. The van der Waals surface area contributed by atoms with Gasteiger partial charge in [0.1, 0.15) is 29.8 Å². The van der Waals surface area contributed by atoms with Crippen molar-refractivity contribution in [3.63, 3.8) is 0 Å². The minimum atomic E-state index is -0.629. The van der Waals surface area contributed by atoms with Crippen LogP contribution in [-0.4, -0.2) is 5.84 Å². The third kappa shape index (κ3) is 2.92. The highest BCUT2D eigenvalue weighted by Gasteiger charge is 2.07. The molecular weight excluding hydrogens is 306 g/mol. The molecule has 112 valence electrons. The molecule has 3 rings (SSSR count). The molecule has 0 unspecified atom stereocenters. The van der Waals surface area contributed by atoms with Gasteiger partial charge >= 0.3 is 0 Å². The SMILES string of the molecule is N=C(N)c1cc2ccc(OCc3ccc(F)cc3F)cc2s1. The molecule has 0 saturated carbocycles. The lowest BCUT2D eigenvalue weighted by Crippen LogP contribution is -2.08. The van der Waals surface area contributed by atoms with Gasteiger partial charge in [-0.05, 0) is 41.8 Å². The van der Waals surface area contributed by atoms with E-state index in [4.69, 9.17) is 15.9 Å². The Morgan fingerprint density at radius 2 is 1.95 bits per heavy atom. The maximum Gasteiger partial charge on any atom is 0.133 e. The lowest BCUT2D eigenvalue weighted by Gasteiger charge is -2.07. The molecule has 2 aromatic carbocycles. The van der Waals surface area contributed by atoms with Gasteiger partial charge in [-0.15, -0.1) is 11.3 Å². The van der Waals surface area contributed by atoms with Crippen molar-refractivity contribution in [1.82, 2.24) is 0 Å². The average molecular weight is 318 g/mol. The van der Waals surface area contributed by atoms with Crippen LogP contribution in [0.5, 0.6) is 5.75 Å². The first-order chi connectivity index (χ1) is 10.5. The number of amidine groups is 1. The Morgan fingerprint density at radius 1 is 1.14 bits per heavy atom. The third-order valence-corrected chi connectivity index (χ3v) is 4.30. The number of nitrogens with one attached hydrogen (secondary N) is 1. The fraction of sp³-hybridized carbons (Fsp3) is 0.0625. The third-order valence-electron chi connectivity index (χ3n) is 3.17. The summed E-state index contributed by atoms with van der Waals surface area (Å²) in [5.41, 5.74) is 5.76. The Labute approximate surface area is 129 Å². The van der Waals surface area contributed by atoms with Crippen LogP contribution in [0.3, 0.4) is 0 Å². The molecule has 0 spiro atoms. The quantitative estimate of drug-likeness (QED) is 0.563. The molecule has 22 heavy (non-hydrogen) atoms. The van der Waals surface area contributed by atoms with Gasteiger partial charge in [0.15, 0.2) is 0 Å². The molecule has 0 atom stereocenters. The van der Waals surface area contributed by atoms with E-state index in [0.29, 0.717) is 10.6 Å². The van der Waals surface area contributed by atoms with Crippen molar-refractivity contribution in [1.29, 1.82) is 5.41 Å². The highest BCUT2D eigenvalue weighted by atomic mass is 32.1. The van der Waals surface area contributed by atoms with E-state index in [2.05, 4.69) is 0 Å². The van der Waals surface area contributed by atoms with Crippen LogP contribution in [-0.2, 0) is 6.61 Å². The van der Waals surface area contributed by atoms with E-state index in [-0.39, 0.29) is 18.0 Å². The molecule has 0 aliphatic heterocycles. The minimum absolute atomic E-state index is 0.0164. The van der Waals surface area contributed by atoms with E-state index in [0.717, 1.165) is 16.2 Å². The van der Waals surface area contributed by atoms with Gasteiger partial charge in [-0.1, -0.05) is 0 Å². The summed E-state index contributed by atoms with van der Waals surface area (Å²) in [5.74, 6) is -0.640. The van der Waals surface area contributed by atoms with Crippen molar-refractivity contribution in [2.75, 3.05) is 0 Å². The summed E-state index contributed by atoms with van der Waals surface area (Å²) in [6.07, 6.45) is 0. The molecule has 3 N–H and O–H groups in total. The summed E-state index contributed by atoms with van der Waals surface area (Å²) in [4.78, 5) is 0.691. The zero-order chi connectivity index (χ0) is 15.7. The summed E-state index contributed by atoms with van der Waals surface area (Å²) >= 11 is 1.39. The molecule has 0 radical (unpaired) electrons. The van der Waals surface area contributed by atoms with E-state index in [9.17, 15) is 8.78 Å². The number of hydrogen-bond donors (Lipinski definition) is 2. The molecule has 3 aromatic rings. The second kappa shape index (κ2) is 5.73. The molecule has 6 heteroatoms. The molecule has 0 aliphatic carbocycles. The predicted octanol–water partition coefficient (Wildman–Crippen LogP) is 4.04. The number of halogens is 2. The Kier molecular flexibility index (Phi) is 3.77. The van der Waals surface area contributed by atoms with Gasteiger partial charge in [0.25, 0.3) is 0 Å². The summed E-state index contributed by atoms with van der Waals surface area (Å²) in [5, 5.41) is 8.41. The molecule has 0 fully saturated rings. The smallest absolute Gasteiger partial charge is 0.133 e. The van der Waals surface area contributed by atoms with Gasteiger partial charge in [0.05, 0.1) is 4.88 Å². The fourth-order valence-corrected chi connectivity index (χ4v) is 2.99. The first-order valence-corrected chi connectivity index (χ1v) is 7.29. The topological polar surface area (TPSA) is 59.1 Å². The van der Waals surface area contributed by atoms with Gasteiger partial charge in [-0.3, -0.25) is 5.41 Å². The van der Waals surface area contributed by atoms with Crippen LogP contribution in [0.15, 0.2) is 42.5 Å². The lowest BCUT2D eigenvalue weighted by atomic mass is 10.2. The Balaban J connectivity index is 1.80. The zero-order valence-corrected chi connectivity index (χ0v) is 12.2. The van der Waals surface area contributed by atoms with Crippen molar-refractivity contribution < 1.29 is 13.5 Å². The molecule has 0 amide bonds. The van der Waals surface area contributed by atoms with Crippen molar-refractivity contribution in [3.8, 4) is 5.75 Å². The molecular formula is C16H12F2N2OS. The number of fused-ring (bicyclic) bond motifs is 1. The van der Waals surface area contributed by atoms with Crippen LogP contribution >= 0.6 is 11.3 Å². The second-order valence-corrected chi connectivity index (χ2v) is 5.83. The van der Waals surface area contributed by atoms with Crippen molar-refractivity contribution in [3.05, 3.63) is 64.5 Å². The zero-order valence-electron chi connectivity index (χ0n) is 11.4. The standard InChI is InChI=1S/C16H12F2N2OS/c17-11-3-1-10(13(18)6-11)8-21-12-4-2-9-5-15(16(19)20)22-14(9)7-12/h1-7H,8H2,(H3,19,20). The van der Waals surface area contributed by atoms with Crippen LogP contribution < -0.4 is 10.5 Å². The van der Waals surface area contributed by atoms with Crippen molar-refractivity contribution >= 4 is 27.3 Å². The summed E-state index contributed by atoms with van der Waals surface area (Å²) in [6, 6.07) is 10.7. The molecule has 1 aromatic heterocycles. The monoisotopic (exact) mass is 318 g/mol. The summed E-state index contributed by atoms with van der Waals surface area (Å²) in [6.45, 7) is 0.0164. The van der Waals surface area contributed by atoms with Crippen molar-refractivity contribution in [2.24, 2.45) is 5.73 Å². The van der Waals surface area contributed by atoms with E-state index in [1.807, 2.05) is 18.2 Å².